The van der Waals surface area contributed by atoms with E-state index in [1.165, 1.54) is 12.1 Å². The Morgan fingerprint density at radius 2 is 1.57 bits per heavy atom. The van der Waals surface area contributed by atoms with Crippen LogP contribution in [0.2, 0.25) is 0 Å². The molecule has 0 saturated heterocycles. The maximum Gasteiger partial charge on any atom is 0.182 e. The number of ether oxygens (including phenoxy) is 1. The number of carbonyl (C=O) groups is 1. The monoisotopic (exact) mass is 372 g/mol. The lowest BCUT2D eigenvalue weighted by Crippen LogP contribution is -1.99. The average molecular weight is 372 g/mol. The lowest BCUT2D eigenvalue weighted by atomic mass is 10.1. The van der Waals surface area contributed by atoms with E-state index in [9.17, 15) is 15.0 Å². The number of hydrogen-bond acceptors (Lipinski definition) is 4. The van der Waals surface area contributed by atoms with Crippen molar-refractivity contribution < 1.29 is 19.7 Å². The molecule has 140 valence electrons. The second kappa shape index (κ2) is 9.24. The molecule has 3 rings (SSSR count). The highest BCUT2D eigenvalue weighted by atomic mass is 16.5. The molecule has 0 fully saturated rings. The van der Waals surface area contributed by atoms with Gasteiger partial charge in [0.1, 0.15) is 29.4 Å². The summed E-state index contributed by atoms with van der Waals surface area (Å²) < 4.78 is 5.75. The standard InChI is InChI=1S/C24H20O4/c25-20(15-14-18-8-3-1-4-9-18)16-22(27)24-21(26)12-7-13-23(24)28-17-19-10-5-2-6-11-19/h1-16,26-27H,17H2/b15-14+,22-16-. The fourth-order valence-corrected chi connectivity index (χ4v) is 2.63. The molecule has 0 spiro atoms. The van der Waals surface area contributed by atoms with Crippen molar-refractivity contribution in [1.29, 1.82) is 0 Å². The maximum atomic E-state index is 12.2. The summed E-state index contributed by atoms with van der Waals surface area (Å²) in [6.45, 7) is 0.270. The van der Waals surface area contributed by atoms with Crippen LogP contribution >= 0.6 is 0 Å². The van der Waals surface area contributed by atoms with Crippen LogP contribution in [-0.2, 0) is 11.4 Å². The molecule has 4 heteroatoms. The molecular formula is C24H20O4. The first kappa shape index (κ1) is 19.0. The van der Waals surface area contributed by atoms with E-state index in [4.69, 9.17) is 4.74 Å². The van der Waals surface area contributed by atoms with Crippen LogP contribution in [-0.4, -0.2) is 16.0 Å². The fourth-order valence-electron chi connectivity index (χ4n) is 2.63. The highest BCUT2D eigenvalue weighted by Crippen LogP contribution is 2.33. The Bertz CT molecular complexity index is 990. The van der Waals surface area contributed by atoms with Gasteiger partial charge < -0.3 is 14.9 Å². The van der Waals surface area contributed by atoms with Gasteiger partial charge >= 0.3 is 0 Å². The van der Waals surface area contributed by atoms with Gasteiger partial charge in [-0.25, -0.2) is 0 Å². The van der Waals surface area contributed by atoms with Gasteiger partial charge in [-0.2, -0.15) is 0 Å². The molecule has 0 aliphatic carbocycles. The number of hydrogen-bond donors (Lipinski definition) is 2. The summed E-state index contributed by atoms with van der Waals surface area (Å²) >= 11 is 0. The number of benzene rings is 3. The van der Waals surface area contributed by atoms with E-state index in [0.29, 0.717) is 0 Å². The lowest BCUT2D eigenvalue weighted by molar-refractivity contribution is -0.110. The van der Waals surface area contributed by atoms with E-state index in [1.807, 2.05) is 60.7 Å². The Morgan fingerprint density at radius 1 is 0.893 bits per heavy atom. The smallest absolute Gasteiger partial charge is 0.182 e. The Balaban J connectivity index is 1.78. The van der Waals surface area contributed by atoms with E-state index in [1.54, 1.807) is 18.2 Å². The zero-order valence-electron chi connectivity index (χ0n) is 15.2. The minimum Gasteiger partial charge on any atom is -0.507 e. The number of aliphatic hydroxyl groups is 1. The Labute approximate surface area is 163 Å². The molecule has 0 unspecified atom stereocenters. The van der Waals surface area contributed by atoms with Crippen LogP contribution in [0.1, 0.15) is 16.7 Å². The normalized spacial score (nSPS) is 11.5. The third-order valence-corrected chi connectivity index (χ3v) is 4.02. The number of aliphatic hydroxyl groups excluding tert-OH is 1. The minimum absolute atomic E-state index is 0.0832. The van der Waals surface area contributed by atoms with Gasteiger partial charge in [0, 0.05) is 6.08 Å². The fraction of sp³-hybridized carbons (Fsp3) is 0.0417. The molecule has 0 aromatic heterocycles. The predicted octanol–water partition coefficient (Wildman–Crippen LogP) is 5.15. The molecule has 0 saturated carbocycles. The van der Waals surface area contributed by atoms with Gasteiger partial charge in [0.2, 0.25) is 0 Å². The molecule has 0 amide bonds. The van der Waals surface area contributed by atoms with Gasteiger partial charge in [-0.15, -0.1) is 0 Å². The van der Waals surface area contributed by atoms with E-state index < -0.39 is 5.78 Å². The maximum absolute atomic E-state index is 12.2. The van der Waals surface area contributed by atoms with Crippen LogP contribution < -0.4 is 4.74 Å². The number of allylic oxidation sites excluding steroid dienone is 2. The molecule has 3 aromatic carbocycles. The van der Waals surface area contributed by atoms with Crippen molar-refractivity contribution in [2.24, 2.45) is 0 Å². The summed E-state index contributed by atoms with van der Waals surface area (Å²) in [5, 5.41) is 20.6. The first-order valence-electron chi connectivity index (χ1n) is 8.80. The first-order valence-corrected chi connectivity index (χ1v) is 8.80. The SMILES string of the molecule is O=C(/C=C(\O)c1c(O)cccc1OCc1ccccc1)/C=C/c1ccccc1. The summed E-state index contributed by atoms with van der Waals surface area (Å²) in [5.41, 5.74) is 1.90. The van der Waals surface area contributed by atoms with E-state index in [0.717, 1.165) is 17.2 Å². The van der Waals surface area contributed by atoms with Gasteiger partial charge in [0.05, 0.1) is 0 Å². The molecule has 0 aliphatic heterocycles. The molecule has 0 heterocycles. The quantitative estimate of drug-likeness (QED) is 0.444. The van der Waals surface area contributed by atoms with E-state index in [2.05, 4.69) is 0 Å². The van der Waals surface area contributed by atoms with Gasteiger partial charge in [0.25, 0.3) is 0 Å². The van der Waals surface area contributed by atoms with Gasteiger partial charge in [-0.3, -0.25) is 4.79 Å². The number of aromatic hydroxyl groups is 1. The van der Waals surface area contributed by atoms with Crippen molar-refractivity contribution >= 4 is 17.6 Å². The minimum atomic E-state index is -0.404. The zero-order chi connectivity index (χ0) is 19.8. The van der Waals surface area contributed by atoms with Gasteiger partial charge in [-0.1, -0.05) is 72.8 Å². The number of ketones is 1. The second-order valence-electron chi connectivity index (χ2n) is 6.10. The number of phenolic OH excluding ortho intramolecular Hbond substituents is 1. The summed E-state index contributed by atoms with van der Waals surface area (Å²) in [5.74, 6) is -0.640. The Hall–Kier alpha value is -3.79. The largest absolute Gasteiger partial charge is 0.507 e. The molecular weight excluding hydrogens is 352 g/mol. The van der Waals surface area contributed by atoms with Crippen molar-refractivity contribution in [2.75, 3.05) is 0 Å². The van der Waals surface area contributed by atoms with Crippen LogP contribution in [0, 0.1) is 0 Å². The van der Waals surface area contributed by atoms with E-state index in [-0.39, 0.29) is 29.4 Å². The zero-order valence-corrected chi connectivity index (χ0v) is 15.2. The number of carbonyl (C=O) groups excluding carboxylic acids is 1. The first-order chi connectivity index (χ1) is 13.6. The third kappa shape index (κ3) is 5.11. The lowest BCUT2D eigenvalue weighted by Gasteiger charge is -2.12. The van der Waals surface area contributed by atoms with Crippen LogP contribution in [0.3, 0.4) is 0 Å². The van der Waals surface area contributed by atoms with Crippen LogP contribution in [0.5, 0.6) is 11.5 Å². The Kier molecular flexibility index (Phi) is 6.26. The second-order valence-corrected chi connectivity index (χ2v) is 6.10. The molecule has 0 aliphatic rings. The summed E-state index contributed by atoms with van der Waals surface area (Å²) in [6, 6.07) is 23.6. The highest BCUT2D eigenvalue weighted by Gasteiger charge is 2.14. The van der Waals surface area contributed by atoms with Crippen molar-refractivity contribution in [3.8, 4) is 11.5 Å². The van der Waals surface area contributed by atoms with Crippen molar-refractivity contribution in [3.05, 3.63) is 108 Å². The summed E-state index contributed by atoms with van der Waals surface area (Å²) in [7, 11) is 0. The van der Waals surface area contributed by atoms with E-state index >= 15 is 0 Å². The molecule has 3 aromatic rings. The van der Waals surface area contributed by atoms with Crippen molar-refractivity contribution in [1.82, 2.24) is 0 Å². The molecule has 2 N–H and O–H groups in total. The van der Waals surface area contributed by atoms with Crippen molar-refractivity contribution in [3.63, 3.8) is 0 Å². The van der Waals surface area contributed by atoms with Gasteiger partial charge in [-0.05, 0) is 29.3 Å². The molecule has 28 heavy (non-hydrogen) atoms. The molecule has 0 atom stereocenters. The highest BCUT2D eigenvalue weighted by molar-refractivity contribution is 6.06. The number of phenols is 1. The van der Waals surface area contributed by atoms with Crippen LogP contribution in [0.15, 0.2) is 91.0 Å². The summed E-state index contributed by atoms with van der Waals surface area (Å²) in [4.78, 5) is 12.2. The molecule has 0 bridgehead atoms. The van der Waals surface area contributed by atoms with Gasteiger partial charge in [0.15, 0.2) is 5.78 Å². The predicted molar refractivity (Wildman–Crippen MR) is 110 cm³/mol. The molecule has 4 nitrogen and oxygen atoms in total. The molecule has 0 radical (unpaired) electrons. The third-order valence-electron chi connectivity index (χ3n) is 4.02. The average Bonchev–Trinajstić information content (AvgIpc) is 2.72. The number of rotatable bonds is 7. The van der Waals surface area contributed by atoms with Crippen molar-refractivity contribution in [2.45, 2.75) is 6.61 Å². The van der Waals surface area contributed by atoms with Crippen LogP contribution in [0.4, 0.5) is 0 Å². The van der Waals surface area contributed by atoms with Crippen LogP contribution in [0.25, 0.3) is 11.8 Å². The Morgan fingerprint density at radius 3 is 2.29 bits per heavy atom. The summed E-state index contributed by atoms with van der Waals surface area (Å²) in [6.07, 6.45) is 4.07. The topological polar surface area (TPSA) is 66.8 Å².